The second kappa shape index (κ2) is 14.2. The van der Waals surface area contributed by atoms with Gasteiger partial charge < -0.3 is 9.80 Å². The van der Waals surface area contributed by atoms with Crippen LogP contribution in [0.15, 0.2) is 78.8 Å². The molecule has 0 radical (unpaired) electrons. The zero-order chi connectivity index (χ0) is 34.7. The van der Waals surface area contributed by atoms with Gasteiger partial charge in [-0.3, -0.25) is 9.11 Å². The SMILES string of the molecule is C=CN1\C(=C/C=C(\C=C\c2n(CCCS(=O)(=O)O)c3cc(Cl)ccc3[n+]2C)CC)N(CCCS(=O)(=O)O)c2cc(C(F)(F)F)ccc21. The van der Waals surface area contributed by atoms with Gasteiger partial charge in [0.15, 0.2) is 11.0 Å². The van der Waals surface area contributed by atoms with E-state index in [0.717, 1.165) is 34.6 Å². The molecular formula is C31H35ClF3N4O6S2+. The summed E-state index contributed by atoms with van der Waals surface area (Å²) < 4.78 is 109. The molecule has 0 fully saturated rings. The zero-order valence-corrected chi connectivity index (χ0v) is 28.0. The number of alkyl halides is 3. The van der Waals surface area contributed by atoms with Gasteiger partial charge in [-0.2, -0.15) is 30.0 Å². The first-order valence-electron chi connectivity index (χ1n) is 14.5. The molecule has 3 aromatic rings. The highest BCUT2D eigenvalue weighted by Crippen LogP contribution is 2.45. The number of aryl methyl sites for hydroxylation is 2. The van der Waals surface area contributed by atoms with Crippen molar-refractivity contribution < 1.29 is 43.7 Å². The van der Waals surface area contributed by atoms with E-state index in [9.17, 15) is 39.1 Å². The molecule has 47 heavy (non-hydrogen) atoms. The molecule has 0 atom stereocenters. The van der Waals surface area contributed by atoms with Crippen molar-refractivity contribution in [2.24, 2.45) is 7.05 Å². The van der Waals surface area contributed by atoms with Gasteiger partial charge in [0.25, 0.3) is 26.1 Å². The maximum atomic E-state index is 13.6. The van der Waals surface area contributed by atoms with Crippen LogP contribution in [-0.4, -0.2) is 48.6 Å². The largest absolute Gasteiger partial charge is 0.416 e. The summed E-state index contributed by atoms with van der Waals surface area (Å²) in [5, 5.41) is 0.496. The highest BCUT2D eigenvalue weighted by atomic mass is 35.5. The van der Waals surface area contributed by atoms with Crippen LogP contribution in [0.5, 0.6) is 0 Å². The van der Waals surface area contributed by atoms with Gasteiger partial charge >= 0.3 is 6.18 Å². The summed E-state index contributed by atoms with van der Waals surface area (Å²) >= 11 is 6.26. The van der Waals surface area contributed by atoms with Crippen molar-refractivity contribution in [2.45, 2.75) is 38.9 Å². The molecule has 10 nitrogen and oxygen atoms in total. The van der Waals surface area contributed by atoms with Crippen LogP contribution in [0.1, 0.15) is 37.6 Å². The van der Waals surface area contributed by atoms with Crippen LogP contribution in [0.2, 0.25) is 5.02 Å². The maximum Gasteiger partial charge on any atom is 0.416 e. The molecule has 0 saturated carbocycles. The Morgan fingerprint density at radius 3 is 2.26 bits per heavy atom. The lowest BCUT2D eigenvalue weighted by Gasteiger charge is -2.23. The Balaban J connectivity index is 1.74. The normalized spacial score (nSPS) is 15.4. The molecule has 0 spiro atoms. The quantitative estimate of drug-likeness (QED) is 0.119. The minimum absolute atomic E-state index is 0.00251. The van der Waals surface area contributed by atoms with E-state index >= 15 is 0 Å². The van der Waals surface area contributed by atoms with E-state index in [-0.39, 0.29) is 31.6 Å². The van der Waals surface area contributed by atoms with Crippen molar-refractivity contribution in [1.82, 2.24) is 4.57 Å². The molecule has 0 bridgehead atoms. The molecule has 0 unspecified atom stereocenters. The Labute approximate surface area is 276 Å². The Hall–Kier alpha value is -3.63. The first-order valence-corrected chi connectivity index (χ1v) is 18.1. The first kappa shape index (κ1) is 36.2. The number of imidazole rings is 1. The van der Waals surface area contributed by atoms with Crippen LogP contribution in [0.3, 0.4) is 0 Å². The third kappa shape index (κ3) is 8.84. The molecule has 2 heterocycles. The lowest BCUT2D eigenvalue weighted by molar-refractivity contribution is -0.647. The number of rotatable bonds is 13. The fourth-order valence-corrected chi connectivity index (χ4v) is 6.57. The van der Waals surface area contributed by atoms with Crippen molar-refractivity contribution in [1.29, 1.82) is 0 Å². The minimum atomic E-state index is -4.60. The van der Waals surface area contributed by atoms with Crippen molar-refractivity contribution >= 4 is 60.3 Å². The average molecular weight is 716 g/mol. The molecule has 1 aliphatic rings. The molecule has 0 aliphatic carbocycles. The fourth-order valence-electron chi connectivity index (χ4n) is 5.42. The average Bonchev–Trinajstić information content (AvgIpc) is 3.41. The molecule has 254 valence electrons. The Bertz CT molecular complexity index is 1990. The molecule has 1 aliphatic heterocycles. The van der Waals surface area contributed by atoms with Gasteiger partial charge in [0.2, 0.25) is 0 Å². The highest BCUT2D eigenvalue weighted by molar-refractivity contribution is 7.86. The van der Waals surface area contributed by atoms with Crippen LogP contribution in [-0.2, 0) is 40.0 Å². The highest BCUT2D eigenvalue weighted by Gasteiger charge is 2.36. The number of nitrogens with zero attached hydrogens (tertiary/aromatic N) is 4. The minimum Gasteiger partial charge on any atom is -0.326 e. The monoisotopic (exact) mass is 715 g/mol. The summed E-state index contributed by atoms with van der Waals surface area (Å²) in [6, 6.07) is 8.65. The number of hydrogen-bond donors (Lipinski definition) is 2. The first-order chi connectivity index (χ1) is 21.9. The van der Waals surface area contributed by atoms with Crippen LogP contribution in [0.4, 0.5) is 24.5 Å². The third-order valence-corrected chi connectivity index (χ3v) is 9.48. The van der Waals surface area contributed by atoms with E-state index in [0.29, 0.717) is 23.0 Å². The smallest absolute Gasteiger partial charge is 0.326 e. The third-order valence-electron chi connectivity index (χ3n) is 7.64. The van der Waals surface area contributed by atoms with Gasteiger partial charge in [-0.25, -0.2) is 9.13 Å². The van der Waals surface area contributed by atoms with Crippen molar-refractivity contribution in [3.05, 3.63) is 95.2 Å². The van der Waals surface area contributed by atoms with Crippen molar-refractivity contribution in [3.63, 3.8) is 0 Å². The van der Waals surface area contributed by atoms with Gasteiger partial charge in [-0.05, 0) is 54.8 Å². The summed E-state index contributed by atoms with van der Waals surface area (Å²) in [5.41, 5.74) is 2.20. The van der Waals surface area contributed by atoms with E-state index in [1.165, 1.54) is 12.3 Å². The van der Waals surface area contributed by atoms with E-state index in [1.54, 1.807) is 34.1 Å². The van der Waals surface area contributed by atoms with E-state index < -0.39 is 43.5 Å². The number of aromatic nitrogens is 2. The van der Waals surface area contributed by atoms with Crippen LogP contribution >= 0.6 is 11.6 Å². The molecule has 2 aromatic carbocycles. The summed E-state index contributed by atoms with van der Waals surface area (Å²) in [6.45, 7) is 6.02. The molecule has 4 rings (SSSR count). The van der Waals surface area contributed by atoms with Crippen LogP contribution in [0, 0.1) is 0 Å². The van der Waals surface area contributed by atoms with Crippen LogP contribution in [0.25, 0.3) is 17.1 Å². The van der Waals surface area contributed by atoms with Gasteiger partial charge in [-0.15, -0.1) is 0 Å². The van der Waals surface area contributed by atoms with Gasteiger partial charge in [-0.1, -0.05) is 37.3 Å². The Morgan fingerprint density at radius 1 is 1.00 bits per heavy atom. The van der Waals surface area contributed by atoms with Gasteiger partial charge in [0, 0.05) is 36.3 Å². The van der Waals surface area contributed by atoms with Crippen molar-refractivity contribution in [3.8, 4) is 0 Å². The van der Waals surface area contributed by atoms with E-state index in [4.69, 9.17) is 11.6 Å². The zero-order valence-electron chi connectivity index (χ0n) is 25.7. The van der Waals surface area contributed by atoms with E-state index in [1.807, 2.05) is 41.3 Å². The van der Waals surface area contributed by atoms with Crippen molar-refractivity contribution in [2.75, 3.05) is 27.9 Å². The lowest BCUT2D eigenvalue weighted by atomic mass is 10.1. The predicted octanol–water partition coefficient (Wildman–Crippen LogP) is 6.35. The number of benzene rings is 2. The number of anilines is 2. The second-order valence-electron chi connectivity index (χ2n) is 10.8. The Morgan fingerprint density at radius 2 is 1.66 bits per heavy atom. The molecule has 1 aromatic heterocycles. The van der Waals surface area contributed by atoms with Gasteiger partial charge in [0.05, 0.1) is 42.0 Å². The lowest BCUT2D eigenvalue weighted by Crippen LogP contribution is -2.31. The molecule has 0 saturated heterocycles. The number of fused-ring (bicyclic) bond motifs is 2. The van der Waals surface area contributed by atoms with Gasteiger partial charge in [0.1, 0.15) is 5.82 Å². The van der Waals surface area contributed by atoms with Crippen LogP contribution < -0.4 is 14.4 Å². The topological polar surface area (TPSA) is 124 Å². The molecule has 2 N–H and O–H groups in total. The fraction of sp³-hybridized carbons (Fsp3) is 0.323. The Kier molecular flexibility index (Phi) is 11.0. The molecule has 0 amide bonds. The number of hydrogen-bond acceptors (Lipinski definition) is 6. The summed E-state index contributed by atoms with van der Waals surface area (Å²) in [5.74, 6) is 0.167. The summed E-state index contributed by atoms with van der Waals surface area (Å²) in [6.07, 6.45) is 4.71. The molecule has 16 heteroatoms. The van der Waals surface area contributed by atoms with E-state index in [2.05, 4.69) is 6.58 Å². The maximum absolute atomic E-state index is 13.6. The number of allylic oxidation sites excluding steroid dienone is 4. The standard InChI is InChI=1S/C31H34ClF3N4O6S2/c1-4-22(8-14-29-36(3)25-13-11-24(32)21-28(25)38(29)16-6-18-46(40,41)42)9-15-30-37(5-2)26-12-10-23(31(33,34)35)20-27(26)39(30)17-7-19-47(43,44)45/h5,8-15,20-21H,2,4,6-7,16-19H2,1,3H3,(H-,40,41,42,43,44,45)/p+1. The second-order valence-corrected chi connectivity index (χ2v) is 14.4. The predicted molar refractivity (Wildman–Crippen MR) is 177 cm³/mol. The summed E-state index contributed by atoms with van der Waals surface area (Å²) in [7, 11) is -6.59. The molecular weight excluding hydrogens is 681 g/mol. The summed E-state index contributed by atoms with van der Waals surface area (Å²) in [4.78, 5) is 3.16. The number of halogens is 4.